The van der Waals surface area contributed by atoms with Crippen LogP contribution in [0.2, 0.25) is 0 Å². The molecule has 3 aliphatic rings. The summed E-state index contributed by atoms with van der Waals surface area (Å²) in [4.78, 5) is 7.37. The van der Waals surface area contributed by atoms with Gasteiger partial charge in [0.2, 0.25) is 0 Å². The summed E-state index contributed by atoms with van der Waals surface area (Å²) < 4.78 is 2.50. The highest BCUT2D eigenvalue weighted by molar-refractivity contribution is 5.26. The minimum absolute atomic E-state index is 0.727. The van der Waals surface area contributed by atoms with Crippen molar-refractivity contribution >= 4 is 0 Å². The van der Waals surface area contributed by atoms with Crippen LogP contribution < -0.4 is 10.3 Å². The molecular formula is C14H23N5. The van der Waals surface area contributed by atoms with Gasteiger partial charge in [-0.05, 0) is 19.9 Å². The molecule has 0 atom stereocenters. The summed E-state index contributed by atoms with van der Waals surface area (Å²) in [5.74, 6) is 2.07. The molecule has 19 heavy (non-hydrogen) atoms. The fourth-order valence-electron chi connectivity index (χ4n) is 3.23. The zero-order chi connectivity index (χ0) is 12.8. The Bertz CT molecular complexity index is 468. The summed E-state index contributed by atoms with van der Waals surface area (Å²) in [5, 5.41) is 5.98. The van der Waals surface area contributed by atoms with Crippen LogP contribution in [0, 0.1) is 0 Å². The second-order valence-electron chi connectivity index (χ2n) is 6.13. The first kappa shape index (κ1) is 11.7. The average molecular weight is 261 g/mol. The number of likely N-dealkylation sites (N-methyl/N-ethyl adjacent to an activating group) is 1. The van der Waals surface area contributed by atoms with Crippen molar-refractivity contribution in [3.05, 3.63) is 17.2 Å². The maximum absolute atomic E-state index is 4.95. The van der Waals surface area contributed by atoms with E-state index in [1.165, 1.54) is 30.1 Å². The van der Waals surface area contributed by atoms with E-state index in [0.29, 0.717) is 0 Å². The van der Waals surface area contributed by atoms with Gasteiger partial charge in [0.05, 0.1) is 11.4 Å². The summed E-state index contributed by atoms with van der Waals surface area (Å²) >= 11 is 0. The van der Waals surface area contributed by atoms with Gasteiger partial charge in [-0.25, -0.2) is 9.66 Å². The Balaban J connectivity index is 1.70. The molecule has 2 aliphatic heterocycles. The highest BCUT2D eigenvalue weighted by atomic mass is 15.6. The first-order chi connectivity index (χ1) is 9.33. The van der Waals surface area contributed by atoms with E-state index >= 15 is 0 Å². The number of fused-ring (bicyclic) bond motifs is 1. The van der Waals surface area contributed by atoms with Crippen LogP contribution in [0.4, 0.5) is 0 Å². The normalized spacial score (nSPS) is 24.6. The lowest BCUT2D eigenvalue weighted by Gasteiger charge is -2.36. The maximum atomic E-state index is 4.95. The molecule has 1 aromatic rings. The van der Waals surface area contributed by atoms with Gasteiger partial charge in [0.15, 0.2) is 0 Å². The lowest BCUT2D eigenvalue weighted by Crippen LogP contribution is -2.51. The zero-order valence-corrected chi connectivity index (χ0v) is 11.7. The number of hydrogen-bond acceptors (Lipinski definition) is 4. The second-order valence-corrected chi connectivity index (χ2v) is 6.13. The van der Waals surface area contributed by atoms with Crippen LogP contribution in [0.3, 0.4) is 0 Å². The molecule has 3 heterocycles. The van der Waals surface area contributed by atoms with E-state index in [-0.39, 0.29) is 0 Å². The predicted octanol–water partition coefficient (Wildman–Crippen LogP) is 0.290. The molecule has 0 spiro atoms. The number of nitrogens with zero attached hydrogens (tertiary/aromatic N) is 4. The Kier molecular flexibility index (Phi) is 2.77. The summed E-state index contributed by atoms with van der Waals surface area (Å²) in [6, 6.07) is 0. The van der Waals surface area contributed by atoms with Gasteiger partial charge in [-0.3, -0.25) is 0 Å². The van der Waals surface area contributed by atoms with E-state index in [1.807, 2.05) is 0 Å². The maximum Gasteiger partial charge on any atom is 0.131 e. The SMILES string of the molecule is CN1CCN(n2c(C3CC3)nc3c2CCNC3)CC1. The average Bonchev–Trinajstić information content (AvgIpc) is 3.21. The van der Waals surface area contributed by atoms with Crippen LogP contribution in [0.5, 0.6) is 0 Å². The van der Waals surface area contributed by atoms with Crippen LogP contribution in [0.25, 0.3) is 0 Å². The van der Waals surface area contributed by atoms with E-state index in [4.69, 9.17) is 4.98 Å². The van der Waals surface area contributed by atoms with Crippen LogP contribution in [-0.4, -0.2) is 54.3 Å². The number of imidazole rings is 1. The summed E-state index contributed by atoms with van der Waals surface area (Å²) in [5.41, 5.74) is 2.78. The Morgan fingerprint density at radius 2 is 1.95 bits per heavy atom. The van der Waals surface area contributed by atoms with Gasteiger partial charge in [-0.2, -0.15) is 0 Å². The smallest absolute Gasteiger partial charge is 0.131 e. The van der Waals surface area contributed by atoms with E-state index in [0.717, 1.165) is 51.6 Å². The molecule has 1 aromatic heterocycles. The van der Waals surface area contributed by atoms with E-state index in [9.17, 15) is 0 Å². The minimum Gasteiger partial charge on any atom is -0.311 e. The molecule has 4 rings (SSSR count). The van der Waals surface area contributed by atoms with Gasteiger partial charge in [0, 0.05) is 51.6 Å². The highest BCUT2D eigenvalue weighted by Gasteiger charge is 2.34. The van der Waals surface area contributed by atoms with Gasteiger partial charge in [0.1, 0.15) is 5.82 Å². The standard InChI is InChI=1S/C14H23N5/c1-17-6-8-18(9-7-17)19-13-4-5-15-10-12(13)16-14(19)11-2-3-11/h11,15H,2-10H2,1H3. The fraction of sp³-hybridized carbons (Fsp3) is 0.786. The molecule has 0 aromatic carbocycles. The third-order valence-electron chi connectivity index (χ3n) is 4.59. The largest absolute Gasteiger partial charge is 0.311 e. The molecule has 0 unspecified atom stereocenters. The molecular weight excluding hydrogens is 238 g/mol. The third kappa shape index (κ3) is 2.05. The molecule has 1 aliphatic carbocycles. The van der Waals surface area contributed by atoms with Crippen LogP contribution in [0.15, 0.2) is 0 Å². The van der Waals surface area contributed by atoms with Gasteiger partial charge in [0.25, 0.3) is 0 Å². The monoisotopic (exact) mass is 261 g/mol. The molecule has 2 fully saturated rings. The number of piperazine rings is 1. The van der Waals surface area contributed by atoms with Gasteiger partial charge < -0.3 is 15.2 Å². The van der Waals surface area contributed by atoms with Crippen molar-refractivity contribution in [3.63, 3.8) is 0 Å². The van der Waals surface area contributed by atoms with Crippen molar-refractivity contribution < 1.29 is 0 Å². The second kappa shape index (κ2) is 4.49. The topological polar surface area (TPSA) is 36.3 Å². The number of aromatic nitrogens is 2. The molecule has 5 heteroatoms. The molecule has 0 amide bonds. The van der Waals surface area contributed by atoms with Gasteiger partial charge >= 0.3 is 0 Å². The van der Waals surface area contributed by atoms with E-state index in [1.54, 1.807) is 0 Å². The Morgan fingerprint density at radius 3 is 2.68 bits per heavy atom. The van der Waals surface area contributed by atoms with Crippen molar-refractivity contribution in [2.45, 2.75) is 31.7 Å². The molecule has 1 saturated carbocycles. The predicted molar refractivity (Wildman–Crippen MR) is 75.1 cm³/mol. The summed E-state index contributed by atoms with van der Waals surface area (Å²) in [6.07, 6.45) is 3.79. The fourth-order valence-corrected chi connectivity index (χ4v) is 3.23. The lowest BCUT2D eigenvalue weighted by molar-refractivity contribution is 0.283. The molecule has 1 N–H and O–H groups in total. The highest BCUT2D eigenvalue weighted by Crippen LogP contribution is 2.40. The van der Waals surface area contributed by atoms with E-state index in [2.05, 4.69) is 26.9 Å². The van der Waals surface area contributed by atoms with Crippen molar-refractivity contribution in [2.24, 2.45) is 0 Å². The minimum atomic E-state index is 0.727. The van der Waals surface area contributed by atoms with Gasteiger partial charge in [-0.1, -0.05) is 0 Å². The van der Waals surface area contributed by atoms with Crippen LogP contribution in [-0.2, 0) is 13.0 Å². The first-order valence-electron chi connectivity index (χ1n) is 7.58. The van der Waals surface area contributed by atoms with Crippen LogP contribution in [0.1, 0.15) is 36.0 Å². The Morgan fingerprint density at radius 1 is 1.16 bits per heavy atom. The van der Waals surface area contributed by atoms with Crippen molar-refractivity contribution in [2.75, 3.05) is 44.8 Å². The number of nitrogens with one attached hydrogen (secondary N) is 1. The molecule has 104 valence electrons. The molecule has 0 bridgehead atoms. The number of rotatable bonds is 2. The van der Waals surface area contributed by atoms with E-state index < -0.39 is 0 Å². The van der Waals surface area contributed by atoms with Crippen molar-refractivity contribution in [1.82, 2.24) is 19.9 Å². The van der Waals surface area contributed by atoms with Crippen molar-refractivity contribution in [1.29, 1.82) is 0 Å². The Labute approximate surface area is 114 Å². The zero-order valence-electron chi connectivity index (χ0n) is 11.7. The third-order valence-corrected chi connectivity index (χ3v) is 4.59. The summed E-state index contributed by atoms with van der Waals surface area (Å²) in [6.45, 7) is 6.63. The quantitative estimate of drug-likeness (QED) is 0.830. The van der Waals surface area contributed by atoms with Crippen molar-refractivity contribution in [3.8, 4) is 0 Å². The van der Waals surface area contributed by atoms with Gasteiger partial charge in [-0.15, -0.1) is 0 Å². The molecule has 1 saturated heterocycles. The van der Waals surface area contributed by atoms with Crippen LogP contribution >= 0.6 is 0 Å². The molecule has 0 radical (unpaired) electrons. The number of hydrogen-bond donors (Lipinski definition) is 1. The Hall–Kier alpha value is -1.07. The summed E-state index contributed by atoms with van der Waals surface area (Å²) in [7, 11) is 2.21. The first-order valence-corrected chi connectivity index (χ1v) is 7.58. The lowest BCUT2D eigenvalue weighted by atomic mass is 10.2. The molecule has 5 nitrogen and oxygen atoms in total.